The Hall–Kier alpha value is -1.15. The molecule has 0 spiro atoms. The standard InChI is InChI=1S/C66H129NO10/c1-3-5-7-9-11-13-15-17-19-21-23-25-27-28-29-30-31-32-34-36-38-40-42-44-46-48-50-52-54-59(70)65(75)67-57(56-76-66-64(74)63(73)62(72)60(55-68)77-66)61(71)58(69)53-51-49-47-45-43-41-39-37-35-33-26-24-22-20-18-16-14-12-10-8-6-4-2/h45,47,57-64,66,68-74H,3-44,46,48-56H2,1-2H3,(H,67,75)/b47-45+. The number of aliphatic hydroxyl groups is 7. The molecule has 0 aromatic rings. The van der Waals surface area contributed by atoms with Crippen LogP contribution in [0.25, 0.3) is 0 Å². The van der Waals surface area contributed by atoms with Crippen LogP contribution in [0.5, 0.6) is 0 Å². The van der Waals surface area contributed by atoms with Gasteiger partial charge in [-0.15, -0.1) is 0 Å². The van der Waals surface area contributed by atoms with Gasteiger partial charge in [0.15, 0.2) is 6.29 Å². The third-order valence-corrected chi connectivity index (χ3v) is 16.6. The van der Waals surface area contributed by atoms with Crippen molar-refractivity contribution in [2.24, 2.45) is 0 Å². The Kier molecular flexibility index (Phi) is 53.1. The fourth-order valence-electron chi connectivity index (χ4n) is 11.2. The lowest BCUT2D eigenvalue weighted by atomic mass is 9.98. The van der Waals surface area contributed by atoms with E-state index in [1.807, 2.05) is 0 Å². The van der Waals surface area contributed by atoms with Gasteiger partial charge in [0, 0.05) is 0 Å². The van der Waals surface area contributed by atoms with Gasteiger partial charge in [-0.1, -0.05) is 309 Å². The van der Waals surface area contributed by atoms with E-state index in [1.54, 1.807) is 0 Å². The zero-order valence-electron chi connectivity index (χ0n) is 50.5. The second kappa shape index (κ2) is 55.4. The summed E-state index contributed by atoms with van der Waals surface area (Å²) in [6.45, 7) is 3.50. The van der Waals surface area contributed by atoms with Crippen molar-refractivity contribution < 1.29 is 50.0 Å². The van der Waals surface area contributed by atoms with Crippen LogP contribution in [0.15, 0.2) is 12.2 Å². The molecular formula is C66H129NO10. The van der Waals surface area contributed by atoms with Gasteiger partial charge in [-0.2, -0.15) is 0 Å². The van der Waals surface area contributed by atoms with Crippen LogP contribution in [-0.4, -0.2) is 110 Å². The highest BCUT2D eigenvalue weighted by molar-refractivity contribution is 5.80. The normalized spacial score (nSPS) is 19.5. The third kappa shape index (κ3) is 43.2. The molecule has 9 unspecified atom stereocenters. The molecule has 1 amide bonds. The number of unbranched alkanes of at least 4 members (excludes halogenated alkanes) is 45. The number of rotatable bonds is 59. The zero-order valence-corrected chi connectivity index (χ0v) is 50.5. The van der Waals surface area contributed by atoms with Crippen LogP contribution >= 0.6 is 0 Å². The number of hydrogen-bond donors (Lipinski definition) is 8. The van der Waals surface area contributed by atoms with E-state index in [9.17, 15) is 40.5 Å². The molecule has 77 heavy (non-hydrogen) atoms. The van der Waals surface area contributed by atoms with Gasteiger partial charge in [0.1, 0.15) is 36.6 Å². The van der Waals surface area contributed by atoms with Gasteiger partial charge in [0.25, 0.3) is 0 Å². The summed E-state index contributed by atoms with van der Waals surface area (Å²) in [5.74, 6) is -0.698. The largest absolute Gasteiger partial charge is 0.394 e. The number of amides is 1. The van der Waals surface area contributed by atoms with Crippen molar-refractivity contribution in [1.29, 1.82) is 0 Å². The molecule has 0 aliphatic carbocycles. The molecule has 1 heterocycles. The summed E-state index contributed by atoms with van der Waals surface area (Å²) < 4.78 is 11.2. The molecule has 8 N–H and O–H groups in total. The maximum atomic E-state index is 13.2. The first kappa shape index (κ1) is 73.9. The van der Waals surface area contributed by atoms with Crippen LogP contribution in [-0.2, 0) is 14.3 Å². The highest BCUT2D eigenvalue weighted by Gasteiger charge is 2.44. The van der Waals surface area contributed by atoms with Gasteiger partial charge in [0.05, 0.1) is 25.4 Å². The van der Waals surface area contributed by atoms with Crippen molar-refractivity contribution in [2.75, 3.05) is 13.2 Å². The molecule has 0 aromatic heterocycles. The van der Waals surface area contributed by atoms with E-state index in [4.69, 9.17) is 9.47 Å². The van der Waals surface area contributed by atoms with Crippen molar-refractivity contribution >= 4 is 5.91 Å². The number of carbonyl (C=O) groups excluding carboxylic acids is 1. The fourth-order valence-corrected chi connectivity index (χ4v) is 11.2. The number of allylic oxidation sites excluding steroid dienone is 2. The highest BCUT2D eigenvalue weighted by atomic mass is 16.7. The van der Waals surface area contributed by atoms with E-state index in [1.165, 1.54) is 257 Å². The Morgan fingerprint density at radius 1 is 0.442 bits per heavy atom. The second-order valence-corrected chi connectivity index (χ2v) is 23.9. The van der Waals surface area contributed by atoms with Gasteiger partial charge in [-0.05, 0) is 38.5 Å². The van der Waals surface area contributed by atoms with Crippen molar-refractivity contribution in [3.8, 4) is 0 Å². The summed E-state index contributed by atoms with van der Waals surface area (Å²) in [7, 11) is 0. The first-order chi connectivity index (χ1) is 37.7. The number of nitrogens with one attached hydrogen (secondary N) is 1. The van der Waals surface area contributed by atoms with Gasteiger partial charge >= 0.3 is 0 Å². The molecule has 0 aromatic carbocycles. The monoisotopic (exact) mass is 1100 g/mol. The molecule has 1 rings (SSSR count). The molecule has 1 aliphatic heterocycles. The van der Waals surface area contributed by atoms with Crippen LogP contribution in [0, 0.1) is 0 Å². The topological polar surface area (TPSA) is 189 Å². The van der Waals surface area contributed by atoms with Gasteiger partial charge in [-0.3, -0.25) is 4.79 Å². The van der Waals surface area contributed by atoms with Crippen molar-refractivity contribution in [3.05, 3.63) is 12.2 Å². The summed E-state index contributed by atoms with van der Waals surface area (Å²) in [6, 6.07) is -1.18. The van der Waals surface area contributed by atoms with E-state index in [2.05, 4.69) is 31.3 Å². The molecule has 11 nitrogen and oxygen atoms in total. The van der Waals surface area contributed by atoms with Crippen molar-refractivity contribution in [3.63, 3.8) is 0 Å². The number of hydrogen-bond acceptors (Lipinski definition) is 10. The Labute approximate surface area is 474 Å². The van der Waals surface area contributed by atoms with E-state index >= 15 is 0 Å². The molecule has 11 heteroatoms. The minimum Gasteiger partial charge on any atom is -0.394 e. The summed E-state index contributed by atoms with van der Waals surface area (Å²) in [5.41, 5.74) is 0. The predicted octanol–water partition coefficient (Wildman–Crippen LogP) is 15.5. The van der Waals surface area contributed by atoms with Crippen molar-refractivity contribution in [2.45, 2.75) is 390 Å². The van der Waals surface area contributed by atoms with E-state index < -0.39 is 74.2 Å². The lowest BCUT2D eigenvalue weighted by Gasteiger charge is -2.40. The Bertz CT molecular complexity index is 1260. The van der Waals surface area contributed by atoms with Crippen LogP contribution in [0.4, 0.5) is 0 Å². The third-order valence-electron chi connectivity index (χ3n) is 16.6. The van der Waals surface area contributed by atoms with Crippen LogP contribution in [0.3, 0.4) is 0 Å². The summed E-state index contributed by atoms with van der Waals surface area (Å²) >= 11 is 0. The van der Waals surface area contributed by atoms with Crippen LogP contribution in [0.1, 0.15) is 335 Å². The van der Waals surface area contributed by atoms with E-state index in [-0.39, 0.29) is 12.8 Å². The molecule has 0 saturated carbocycles. The summed E-state index contributed by atoms with van der Waals surface area (Å²) in [6.07, 6.45) is 55.8. The minimum absolute atomic E-state index is 0.260. The molecule has 1 saturated heterocycles. The Morgan fingerprint density at radius 2 is 0.766 bits per heavy atom. The summed E-state index contributed by atoms with van der Waals surface area (Å²) in [4.78, 5) is 13.2. The lowest BCUT2D eigenvalue weighted by Crippen LogP contribution is -2.60. The maximum Gasteiger partial charge on any atom is 0.249 e. The lowest BCUT2D eigenvalue weighted by molar-refractivity contribution is -0.303. The van der Waals surface area contributed by atoms with Gasteiger partial charge in [0.2, 0.25) is 5.91 Å². The predicted molar refractivity (Wildman–Crippen MR) is 321 cm³/mol. The second-order valence-electron chi connectivity index (χ2n) is 23.9. The van der Waals surface area contributed by atoms with Crippen LogP contribution in [0.2, 0.25) is 0 Å². The molecule has 0 bridgehead atoms. The van der Waals surface area contributed by atoms with E-state index in [0.717, 1.165) is 38.5 Å². The first-order valence-corrected chi connectivity index (χ1v) is 33.6. The maximum absolute atomic E-state index is 13.2. The molecule has 458 valence electrons. The quantitative estimate of drug-likeness (QED) is 0.0215. The van der Waals surface area contributed by atoms with Crippen LogP contribution < -0.4 is 5.32 Å². The molecule has 1 aliphatic rings. The Balaban J connectivity index is 2.22. The first-order valence-electron chi connectivity index (χ1n) is 33.6. The Morgan fingerprint density at radius 3 is 1.12 bits per heavy atom. The average molecular weight is 1100 g/mol. The number of aliphatic hydroxyl groups excluding tert-OH is 7. The van der Waals surface area contributed by atoms with Gasteiger partial charge < -0.3 is 50.5 Å². The molecule has 9 atom stereocenters. The smallest absolute Gasteiger partial charge is 0.249 e. The average Bonchev–Trinajstić information content (AvgIpc) is 3.43. The SMILES string of the molecule is CCCCCCCCCCCCCCCCCCC/C=C/CCCC(O)C(O)C(COC1OC(CO)C(O)C(O)C1O)NC(=O)C(O)CCCCCCCCCCCCCCCCCCCCCCCCCCCCCC. The molecule has 0 radical (unpaired) electrons. The summed E-state index contributed by atoms with van der Waals surface area (Å²) in [5, 5.41) is 76.4. The van der Waals surface area contributed by atoms with Gasteiger partial charge in [-0.25, -0.2) is 0 Å². The van der Waals surface area contributed by atoms with E-state index in [0.29, 0.717) is 12.8 Å². The van der Waals surface area contributed by atoms with Crippen molar-refractivity contribution in [1.82, 2.24) is 5.32 Å². The molecule has 1 fully saturated rings. The number of carbonyl (C=O) groups is 1. The molecular weight excluding hydrogens is 967 g/mol. The minimum atomic E-state index is -1.67. The fraction of sp³-hybridized carbons (Fsp3) is 0.955. The highest BCUT2D eigenvalue weighted by Crippen LogP contribution is 2.24. The zero-order chi connectivity index (χ0) is 56.1. The number of ether oxygens (including phenoxy) is 2.